The highest BCUT2D eigenvalue weighted by molar-refractivity contribution is 14.0. The average Bonchev–Trinajstić information content (AvgIpc) is 2.61. The highest BCUT2D eigenvalue weighted by atomic mass is 127. The lowest BCUT2D eigenvalue weighted by molar-refractivity contribution is 0.0778. The Bertz CT molecular complexity index is 592. The second-order valence-corrected chi connectivity index (χ2v) is 6.96. The second kappa shape index (κ2) is 12.3. The average molecular weight is 491 g/mol. The third-order valence-electron chi connectivity index (χ3n) is 5.15. The van der Waals surface area contributed by atoms with E-state index in [1.807, 2.05) is 12.1 Å². The maximum Gasteiger partial charge on any atom is 0.191 e. The zero-order valence-electron chi connectivity index (χ0n) is 16.7. The molecule has 0 heterocycles. The lowest BCUT2D eigenvalue weighted by atomic mass is 9.67. The van der Waals surface area contributed by atoms with Crippen LogP contribution in [0.1, 0.15) is 38.2 Å². The molecule has 3 N–H and O–H groups in total. The Morgan fingerprint density at radius 2 is 2.04 bits per heavy atom. The molecule has 0 spiro atoms. The largest absolute Gasteiger partial charge is 0.508 e. The normalized spacial score (nSPS) is 15.4. The van der Waals surface area contributed by atoms with Gasteiger partial charge in [-0.3, -0.25) is 4.99 Å². The maximum absolute atomic E-state index is 10.1. The van der Waals surface area contributed by atoms with Crippen molar-refractivity contribution in [2.45, 2.75) is 39.0 Å². The summed E-state index contributed by atoms with van der Waals surface area (Å²) in [6.07, 6.45) is 5.55. The Morgan fingerprint density at radius 3 is 2.59 bits per heavy atom. The molecule has 0 bridgehead atoms. The van der Waals surface area contributed by atoms with Gasteiger partial charge in [0.1, 0.15) is 11.5 Å². The standard InChI is InChI=1S/C20H33N3O3.HI/c1-4-21-19(23-15-20(9-5-10-20)11-13-25-2)22-12-8-16-6-7-17(26-3)14-18(16)24;/h6-7,14,24H,4-5,8-13,15H2,1-3H3,(H2,21,22,23);1H. The summed E-state index contributed by atoms with van der Waals surface area (Å²) in [5.41, 5.74) is 1.21. The summed E-state index contributed by atoms with van der Waals surface area (Å²) in [4.78, 5) is 4.80. The number of phenols is 1. The first-order valence-electron chi connectivity index (χ1n) is 9.49. The highest BCUT2D eigenvalue weighted by Crippen LogP contribution is 2.44. The number of rotatable bonds is 10. The summed E-state index contributed by atoms with van der Waals surface area (Å²) in [6, 6.07) is 5.41. The fourth-order valence-corrected chi connectivity index (χ4v) is 3.27. The van der Waals surface area contributed by atoms with Crippen molar-refractivity contribution >= 4 is 29.9 Å². The van der Waals surface area contributed by atoms with Gasteiger partial charge in [-0.1, -0.05) is 12.5 Å². The molecule has 0 amide bonds. The number of nitrogens with one attached hydrogen (secondary N) is 2. The quantitative estimate of drug-likeness (QED) is 0.266. The van der Waals surface area contributed by atoms with Gasteiger partial charge in [0.2, 0.25) is 0 Å². The van der Waals surface area contributed by atoms with Crippen LogP contribution in [0.15, 0.2) is 23.2 Å². The number of phenolic OH excluding ortho intramolecular Hbond substituents is 1. The van der Waals surface area contributed by atoms with Gasteiger partial charge in [0.05, 0.1) is 7.11 Å². The number of benzene rings is 1. The number of hydrogen-bond acceptors (Lipinski definition) is 4. The molecule has 2 rings (SSSR count). The predicted molar refractivity (Wildman–Crippen MR) is 121 cm³/mol. The monoisotopic (exact) mass is 491 g/mol. The van der Waals surface area contributed by atoms with Crippen molar-refractivity contribution in [3.8, 4) is 11.5 Å². The smallest absolute Gasteiger partial charge is 0.191 e. The van der Waals surface area contributed by atoms with Crippen LogP contribution in [0.4, 0.5) is 0 Å². The van der Waals surface area contributed by atoms with Crippen LogP contribution in [-0.2, 0) is 11.2 Å². The van der Waals surface area contributed by atoms with Crippen molar-refractivity contribution in [3.05, 3.63) is 23.8 Å². The van der Waals surface area contributed by atoms with Crippen molar-refractivity contribution in [1.82, 2.24) is 10.6 Å². The molecule has 0 radical (unpaired) electrons. The zero-order chi connectivity index (χ0) is 18.8. The van der Waals surface area contributed by atoms with E-state index in [2.05, 4.69) is 17.6 Å². The summed E-state index contributed by atoms with van der Waals surface area (Å²) >= 11 is 0. The minimum atomic E-state index is 0. The number of nitrogens with zero attached hydrogens (tertiary/aromatic N) is 1. The van der Waals surface area contributed by atoms with E-state index in [0.717, 1.165) is 44.1 Å². The Balaban J connectivity index is 0.00000364. The van der Waals surface area contributed by atoms with Gasteiger partial charge in [-0.15, -0.1) is 24.0 Å². The summed E-state index contributed by atoms with van der Waals surface area (Å²) in [7, 11) is 3.35. The minimum absolute atomic E-state index is 0. The molecule has 0 saturated heterocycles. The van der Waals surface area contributed by atoms with Crippen molar-refractivity contribution in [2.75, 3.05) is 40.5 Å². The van der Waals surface area contributed by atoms with Gasteiger partial charge in [-0.25, -0.2) is 0 Å². The molecule has 0 aromatic heterocycles. The molecule has 1 aromatic rings. The Kier molecular flexibility index (Phi) is 10.8. The van der Waals surface area contributed by atoms with E-state index in [1.54, 1.807) is 20.3 Å². The topological polar surface area (TPSA) is 75.1 Å². The van der Waals surface area contributed by atoms with Crippen LogP contribution in [0.3, 0.4) is 0 Å². The molecule has 0 unspecified atom stereocenters. The number of methoxy groups -OCH3 is 2. The van der Waals surface area contributed by atoms with E-state index >= 15 is 0 Å². The van der Waals surface area contributed by atoms with Crippen LogP contribution in [0.5, 0.6) is 11.5 Å². The van der Waals surface area contributed by atoms with Gasteiger partial charge in [-0.05, 0) is 49.7 Å². The molecular weight excluding hydrogens is 457 g/mol. The molecule has 7 heteroatoms. The predicted octanol–water partition coefficient (Wildman–Crippen LogP) is 3.32. The number of guanidine groups is 1. The minimum Gasteiger partial charge on any atom is -0.508 e. The number of halogens is 1. The molecule has 0 aliphatic heterocycles. The van der Waals surface area contributed by atoms with Crippen molar-refractivity contribution in [1.29, 1.82) is 0 Å². The fourth-order valence-electron chi connectivity index (χ4n) is 3.27. The van der Waals surface area contributed by atoms with Crippen LogP contribution in [-0.4, -0.2) is 51.5 Å². The van der Waals surface area contributed by atoms with E-state index in [9.17, 15) is 5.11 Å². The van der Waals surface area contributed by atoms with Gasteiger partial charge < -0.3 is 25.2 Å². The van der Waals surface area contributed by atoms with E-state index in [1.165, 1.54) is 19.3 Å². The van der Waals surface area contributed by atoms with E-state index in [-0.39, 0.29) is 29.7 Å². The lowest BCUT2D eigenvalue weighted by Gasteiger charge is -2.40. The molecule has 1 aliphatic carbocycles. The first-order valence-corrected chi connectivity index (χ1v) is 9.49. The summed E-state index contributed by atoms with van der Waals surface area (Å²) in [6.45, 7) is 5.23. The molecule has 27 heavy (non-hydrogen) atoms. The van der Waals surface area contributed by atoms with Gasteiger partial charge in [-0.2, -0.15) is 0 Å². The maximum atomic E-state index is 10.1. The lowest BCUT2D eigenvalue weighted by Crippen LogP contribution is -2.41. The van der Waals surface area contributed by atoms with Crippen LogP contribution < -0.4 is 15.4 Å². The van der Waals surface area contributed by atoms with Crippen LogP contribution in [0.25, 0.3) is 0 Å². The number of ether oxygens (including phenoxy) is 2. The number of aliphatic imine (C=N–C) groups is 1. The molecule has 1 fully saturated rings. The Labute approximate surface area is 180 Å². The molecule has 1 aromatic carbocycles. The summed E-state index contributed by atoms with van der Waals surface area (Å²) in [5.74, 6) is 1.77. The molecule has 1 saturated carbocycles. The summed E-state index contributed by atoms with van der Waals surface area (Å²) in [5, 5.41) is 16.7. The molecule has 0 atom stereocenters. The fraction of sp³-hybridized carbons (Fsp3) is 0.650. The van der Waals surface area contributed by atoms with Crippen LogP contribution >= 0.6 is 24.0 Å². The van der Waals surface area contributed by atoms with Crippen LogP contribution in [0, 0.1) is 5.41 Å². The van der Waals surface area contributed by atoms with Crippen LogP contribution in [0.2, 0.25) is 0 Å². The third kappa shape index (κ3) is 7.37. The van der Waals surface area contributed by atoms with Crippen molar-refractivity contribution < 1.29 is 14.6 Å². The Hall–Kier alpha value is -1.22. The molecule has 154 valence electrons. The number of hydrogen-bond donors (Lipinski definition) is 3. The van der Waals surface area contributed by atoms with E-state index in [4.69, 9.17) is 14.5 Å². The zero-order valence-corrected chi connectivity index (χ0v) is 19.0. The highest BCUT2D eigenvalue weighted by Gasteiger charge is 2.36. The molecule has 6 nitrogen and oxygen atoms in total. The molecule has 1 aliphatic rings. The van der Waals surface area contributed by atoms with Crippen molar-refractivity contribution in [2.24, 2.45) is 10.4 Å². The summed E-state index contributed by atoms with van der Waals surface area (Å²) < 4.78 is 10.4. The molecular formula is C20H34IN3O3. The van der Waals surface area contributed by atoms with Gasteiger partial charge in [0, 0.05) is 39.4 Å². The second-order valence-electron chi connectivity index (χ2n) is 6.96. The number of aromatic hydroxyl groups is 1. The van der Waals surface area contributed by atoms with E-state index < -0.39 is 0 Å². The first-order chi connectivity index (χ1) is 12.6. The van der Waals surface area contributed by atoms with Gasteiger partial charge >= 0.3 is 0 Å². The van der Waals surface area contributed by atoms with Gasteiger partial charge in [0.15, 0.2) is 5.96 Å². The first kappa shape index (κ1) is 23.8. The Morgan fingerprint density at radius 1 is 1.26 bits per heavy atom. The van der Waals surface area contributed by atoms with Gasteiger partial charge in [0.25, 0.3) is 0 Å². The SMILES string of the molecule is CCNC(=NCC1(CCOC)CCC1)NCCc1ccc(OC)cc1O.I. The third-order valence-corrected chi connectivity index (χ3v) is 5.15. The van der Waals surface area contributed by atoms with E-state index in [0.29, 0.717) is 17.7 Å². The van der Waals surface area contributed by atoms with Crippen molar-refractivity contribution in [3.63, 3.8) is 0 Å².